The van der Waals surface area contributed by atoms with Crippen molar-refractivity contribution in [2.75, 3.05) is 32.7 Å². The minimum absolute atomic E-state index is 0.191. The average molecular weight is 226 g/mol. The molecule has 16 heavy (non-hydrogen) atoms. The van der Waals surface area contributed by atoms with Gasteiger partial charge in [0.15, 0.2) is 0 Å². The molecule has 1 atom stereocenters. The number of hydrogen-bond donors (Lipinski definition) is 0. The molecule has 1 unspecified atom stereocenters. The lowest BCUT2D eigenvalue weighted by Crippen LogP contribution is -2.50. The van der Waals surface area contributed by atoms with Crippen molar-refractivity contribution in [2.24, 2.45) is 11.8 Å². The summed E-state index contributed by atoms with van der Waals surface area (Å²) in [6, 6.07) is 0. The Morgan fingerprint density at radius 1 is 1.12 bits per heavy atom. The largest absolute Gasteiger partial charge is 0.340 e. The third kappa shape index (κ3) is 3.78. The van der Waals surface area contributed by atoms with Crippen molar-refractivity contribution in [3.8, 4) is 0 Å². The number of carbonyl (C=O) groups excluding carboxylic acids is 1. The fraction of sp³-hybridized carbons (Fsp3) is 0.923. The van der Waals surface area contributed by atoms with Gasteiger partial charge in [0.2, 0.25) is 5.91 Å². The Balaban J connectivity index is 2.34. The maximum atomic E-state index is 12.0. The molecule has 1 aliphatic rings. The van der Waals surface area contributed by atoms with Crippen LogP contribution >= 0.6 is 0 Å². The highest BCUT2D eigenvalue weighted by molar-refractivity contribution is 5.78. The quantitative estimate of drug-likeness (QED) is 0.730. The van der Waals surface area contributed by atoms with Gasteiger partial charge in [0, 0.05) is 38.6 Å². The molecule has 1 heterocycles. The van der Waals surface area contributed by atoms with Crippen LogP contribution in [0.25, 0.3) is 0 Å². The Bertz CT molecular complexity index is 220. The van der Waals surface area contributed by atoms with E-state index in [-0.39, 0.29) is 5.92 Å². The highest BCUT2D eigenvalue weighted by atomic mass is 16.2. The molecule has 1 rings (SSSR count). The Kier molecular flexibility index (Phi) is 5.26. The minimum Gasteiger partial charge on any atom is -0.340 e. The van der Waals surface area contributed by atoms with Gasteiger partial charge in [-0.15, -0.1) is 0 Å². The maximum Gasteiger partial charge on any atom is 0.225 e. The zero-order chi connectivity index (χ0) is 12.1. The molecule has 0 aliphatic carbocycles. The molecule has 0 N–H and O–H groups in total. The van der Waals surface area contributed by atoms with Gasteiger partial charge in [0.25, 0.3) is 0 Å². The monoisotopic (exact) mass is 226 g/mol. The molecule has 0 aromatic carbocycles. The highest BCUT2D eigenvalue weighted by Crippen LogP contribution is 2.11. The molecule has 3 heteroatoms. The van der Waals surface area contributed by atoms with Crippen LogP contribution in [0.4, 0.5) is 0 Å². The zero-order valence-corrected chi connectivity index (χ0v) is 11.2. The molecule has 0 saturated carbocycles. The van der Waals surface area contributed by atoms with Gasteiger partial charge in [-0.3, -0.25) is 9.69 Å². The van der Waals surface area contributed by atoms with Gasteiger partial charge < -0.3 is 4.90 Å². The van der Waals surface area contributed by atoms with Gasteiger partial charge >= 0.3 is 0 Å². The third-order valence-electron chi connectivity index (χ3n) is 3.34. The lowest BCUT2D eigenvalue weighted by atomic mass is 10.1. The molecule has 0 bridgehead atoms. The normalized spacial score (nSPS) is 20.2. The second-order valence-corrected chi connectivity index (χ2v) is 5.33. The van der Waals surface area contributed by atoms with Crippen LogP contribution in [-0.4, -0.2) is 48.4 Å². The first-order valence-corrected chi connectivity index (χ1v) is 6.55. The van der Waals surface area contributed by atoms with Crippen LogP contribution in [-0.2, 0) is 4.79 Å². The van der Waals surface area contributed by atoms with Gasteiger partial charge in [0.05, 0.1) is 0 Å². The molecule has 0 aromatic rings. The summed E-state index contributed by atoms with van der Waals surface area (Å²) in [6.07, 6.45) is 0.949. The number of hydrogen-bond acceptors (Lipinski definition) is 2. The molecule has 0 radical (unpaired) electrons. The summed E-state index contributed by atoms with van der Waals surface area (Å²) in [6.45, 7) is 13.7. The van der Waals surface area contributed by atoms with Gasteiger partial charge in [-0.25, -0.2) is 0 Å². The molecule has 0 aromatic heterocycles. The summed E-state index contributed by atoms with van der Waals surface area (Å²) in [7, 11) is 0. The van der Waals surface area contributed by atoms with Crippen LogP contribution in [0.5, 0.6) is 0 Å². The SMILES string of the molecule is CCC(C)C(=O)N1CCN(CC(C)C)CC1. The Labute approximate surface area is 99.8 Å². The van der Waals surface area contributed by atoms with Crippen molar-refractivity contribution in [2.45, 2.75) is 34.1 Å². The van der Waals surface area contributed by atoms with Crippen molar-refractivity contribution in [3.05, 3.63) is 0 Å². The second kappa shape index (κ2) is 6.24. The number of rotatable bonds is 4. The van der Waals surface area contributed by atoms with Crippen molar-refractivity contribution in [3.63, 3.8) is 0 Å². The van der Waals surface area contributed by atoms with Gasteiger partial charge in [-0.2, -0.15) is 0 Å². The Morgan fingerprint density at radius 2 is 1.69 bits per heavy atom. The predicted molar refractivity (Wildman–Crippen MR) is 67.3 cm³/mol. The Hall–Kier alpha value is -0.570. The molecular weight excluding hydrogens is 200 g/mol. The van der Waals surface area contributed by atoms with E-state index in [1.807, 2.05) is 11.8 Å². The number of nitrogens with zero attached hydrogens (tertiary/aromatic N) is 2. The molecule has 0 spiro atoms. The summed E-state index contributed by atoms with van der Waals surface area (Å²) >= 11 is 0. The van der Waals surface area contributed by atoms with Crippen molar-refractivity contribution in [1.29, 1.82) is 0 Å². The van der Waals surface area contributed by atoms with Crippen LogP contribution in [0.15, 0.2) is 0 Å². The van der Waals surface area contributed by atoms with E-state index in [1.165, 1.54) is 0 Å². The van der Waals surface area contributed by atoms with E-state index < -0.39 is 0 Å². The molecular formula is C13H26N2O. The van der Waals surface area contributed by atoms with Gasteiger partial charge in [0.1, 0.15) is 0 Å². The zero-order valence-electron chi connectivity index (χ0n) is 11.2. The van der Waals surface area contributed by atoms with E-state index in [0.29, 0.717) is 5.91 Å². The van der Waals surface area contributed by atoms with Crippen molar-refractivity contribution in [1.82, 2.24) is 9.80 Å². The van der Waals surface area contributed by atoms with Crippen LogP contribution in [0, 0.1) is 11.8 Å². The van der Waals surface area contributed by atoms with E-state index in [9.17, 15) is 4.79 Å². The highest BCUT2D eigenvalue weighted by Gasteiger charge is 2.23. The van der Waals surface area contributed by atoms with Crippen molar-refractivity contribution >= 4 is 5.91 Å². The van der Waals surface area contributed by atoms with E-state index in [0.717, 1.165) is 45.1 Å². The fourth-order valence-corrected chi connectivity index (χ4v) is 2.15. The molecule has 1 aliphatic heterocycles. The van der Waals surface area contributed by atoms with Crippen LogP contribution in [0.3, 0.4) is 0 Å². The fourth-order valence-electron chi connectivity index (χ4n) is 2.15. The number of piperazine rings is 1. The van der Waals surface area contributed by atoms with E-state index in [2.05, 4.69) is 25.7 Å². The summed E-state index contributed by atoms with van der Waals surface area (Å²) in [5.74, 6) is 1.25. The third-order valence-corrected chi connectivity index (χ3v) is 3.34. The number of carbonyl (C=O) groups is 1. The Morgan fingerprint density at radius 3 is 2.12 bits per heavy atom. The van der Waals surface area contributed by atoms with E-state index in [4.69, 9.17) is 0 Å². The molecule has 3 nitrogen and oxygen atoms in total. The molecule has 1 fully saturated rings. The second-order valence-electron chi connectivity index (χ2n) is 5.33. The van der Waals surface area contributed by atoms with Crippen LogP contribution < -0.4 is 0 Å². The maximum absolute atomic E-state index is 12.0. The van der Waals surface area contributed by atoms with Gasteiger partial charge in [-0.1, -0.05) is 27.7 Å². The van der Waals surface area contributed by atoms with Gasteiger partial charge in [-0.05, 0) is 12.3 Å². The first-order valence-electron chi connectivity index (χ1n) is 6.55. The minimum atomic E-state index is 0.191. The number of amides is 1. The summed E-state index contributed by atoms with van der Waals surface area (Å²) < 4.78 is 0. The first kappa shape index (κ1) is 13.5. The lowest BCUT2D eigenvalue weighted by molar-refractivity contribution is -0.136. The predicted octanol–water partition coefficient (Wildman–Crippen LogP) is 1.83. The van der Waals surface area contributed by atoms with Crippen LogP contribution in [0.1, 0.15) is 34.1 Å². The molecule has 94 valence electrons. The van der Waals surface area contributed by atoms with E-state index >= 15 is 0 Å². The first-order chi connectivity index (χ1) is 7.54. The van der Waals surface area contributed by atoms with Crippen molar-refractivity contribution < 1.29 is 4.79 Å². The lowest BCUT2D eigenvalue weighted by Gasteiger charge is -2.36. The summed E-state index contributed by atoms with van der Waals surface area (Å²) in [5, 5.41) is 0. The molecule has 1 amide bonds. The van der Waals surface area contributed by atoms with E-state index in [1.54, 1.807) is 0 Å². The summed E-state index contributed by atoms with van der Waals surface area (Å²) in [5.41, 5.74) is 0. The summed E-state index contributed by atoms with van der Waals surface area (Å²) in [4.78, 5) is 16.5. The average Bonchev–Trinajstić information content (AvgIpc) is 2.27. The standard InChI is InChI=1S/C13H26N2O/c1-5-12(4)13(16)15-8-6-14(7-9-15)10-11(2)3/h11-12H,5-10H2,1-4H3. The molecule has 1 saturated heterocycles. The topological polar surface area (TPSA) is 23.6 Å². The van der Waals surface area contributed by atoms with Crippen LogP contribution in [0.2, 0.25) is 0 Å². The smallest absolute Gasteiger partial charge is 0.225 e.